The Morgan fingerprint density at radius 3 is 2.65 bits per heavy atom. The predicted molar refractivity (Wildman–Crippen MR) is 78.7 cm³/mol. The molecule has 0 saturated carbocycles. The molecule has 1 aromatic carbocycles. The van der Waals surface area contributed by atoms with Crippen LogP contribution in [0.25, 0.3) is 5.53 Å². The van der Waals surface area contributed by atoms with Gasteiger partial charge in [0.15, 0.2) is 0 Å². The number of hydrogen-bond donors (Lipinski definition) is 0. The molecule has 8 nitrogen and oxygen atoms in total. The first-order valence-corrected chi connectivity index (χ1v) is 6.84. The second-order valence-electron chi connectivity index (χ2n) is 4.90. The number of carbonyl (C=O) groups excluding carboxylic acids is 3. The van der Waals surface area contributed by atoms with E-state index in [1.165, 1.54) is 11.8 Å². The highest BCUT2D eigenvalue weighted by molar-refractivity contribution is 6.64. The van der Waals surface area contributed by atoms with Crippen molar-refractivity contribution in [2.45, 2.75) is 19.4 Å². The molecule has 23 heavy (non-hydrogen) atoms. The summed E-state index contributed by atoms with van der Waals surface area (Å²) >= 11 is 0. The maximum absolute atomic E-state index is 12.6. The van der Waals surface area contributed by atoms with Gasteiger partial charge < -0.3 is 15.0 Å². The van der Waals surface area contributed by atoms with Crippen molar-refractivity contribution < 1.29 is 28.6 Å². The highest BCUT2D eigenvalue weighted by atomic mass is 16.5. The number of methoxy groups -OCH3 is 1. The summed E-state index contributed by atoms with van der Waals surface area (Å²) in [6, 6.07) is 6.59. The quantitative estimate of drug-likeness (QED) is 0.262. The molecule has 1 aliphatic heterocycles. The highest BCUT2D eigenvalue weighted by Gasteiger charge is 2.43. The molecule has 1 heterocycles. The molecular weight excluding hydrogens is 302 g/mol. The number of anilines is 1. The normalized spacial score (nSPS) is 15.4. The van der Waals surface area contributed by atoms with Crippen LogP contribution < -0.4 is 4.90 Å². The maximum Gasteiger partial charge on any atom is 0.463 e. The van der Waals surface area contributed by atoms with E-state index in [1.807, 2.05) is 12.1 Å². The fourth-order valence-corrected chi connectivity index (χ4v) is 2.46. The Hall–Kier alpha value is -2.99. The average Bonchev–Trinajstić information content (AvgIpc) is 2.91. The molecule has 8 heteroatoms. The van der Waals surface area contributed by atoms with Crippen molar-refractivity contribution in [3.05, 3.63) is 35.4 Å². The second kappa shape index (κ2) is 6.85. The first-order valence-electron chi connectivity index (χ1n) is 6.84. The number of ether oxygens (including phenoxy) is 2. The Kier molecular flexibility index (Phi) is 4.88. The van der Waals surface area contributed by atoms with E-state index in [0.717, 1.165) is 12.7 Å². The summed E-state index contributed by atoms with van der Waals surface area (Å²) in [6.07, 6.45) is 0.453. The highest BCUT2D eigenvalue weighted by Crippen LogP contribution is 2.32. The van der Waals surface area contributed by atoms with E-state index in [9.17, 15) is 14.4 Å². The Morgan fingerprint density at radius 2 is 2.04 bits per heavy atom. The summed E-state index contributed by atoms with van der Waals surface area (Å²) < 4.78 is 9.43. The van der Waals surface area contributed by atoms with Crippen molar-refractivity contribution >= 4 is 29.2 Å². The lowest BCUT2D eigenvalue weighted by molar-refractivity contribution is -0.142. The van der Waals surface area contributed by atoms with Crippen molar-refractivity contribution in [3.8, 4) is 0 Å². The van der Waals surface area contributed by atoms with Crippen LogP contribution in [0.4, 0.5) is 5.69 Å². The molecule has 1 unspecified atom stereocenters. The number of rotatable bonds is 4. The zero-order valence-corrected chi connectivity index (χ0v) is 12.7. The zero-order valence-electron chi connectivity index (χ0n) is 12.7. The maximum atomic E-state index is 12.6. The third kappa shape index (κ3) is 3.27. The number of hydrogen-bond acceptors (Lipinski definition) is 5. The molecule has 0 N–H and O–H groups in total. The van der Waals surface area contributed by atoms with E-state index in [2.05, 4.69) is 9.53 Å². The Labute approximate surface area is 132 Å². The molecule has 120 valence electrons. The van der Waals surface area contributed by atoms with Gasteiger partial charge in [-0.15, -0.1) is 0 Å². The average molecular weight is 317 g/mol. The minimum absolute atomic E-state index is 0.0321. The van der Waals surface area contributed by atoms with Gasteiger partial charge >= 0.3 is 23.6 Å². The van der Waals surface area contributed by atoms with Crippen LogP contribution >= 0.6 is 0 Å². The molecule has 1 aromatic rings. The van der Waals surface area contributed by atoms with Gasteiger partial charge in [-0.05, 0) is 18.1 Å². The van der Waals surface area contributed by atoms with Crippen LogP contribution in [0.5, 0.6) is 0 Å². The van der Waals surface area contributed by atoms with Crippen LogP contribution in [0.3, 0.4) is 0 Å². The minimum Gasteiger partial charge on any atom is -0.464 e. The second-order valence-corrected chi connectivity index (χ2v) is 4.90. The zero-order chi connectivity index (χ0) is 17.0. The van der Waals surface area contributed by atoms with Gasteiger partial charge in [0.2, 0.25) is 0 Å². The van der Waals surface area contributed by atoms with Crippen LogP contribution in [0.2, 0.25) is 0 Å². The van der Waals surface area contributed by atoms with E-state index in [0.29, 0.717) is 12.1 Å². The molecule has 0 aromatic heterocycles. The summed E-state index contributed by atoms with van der Waals surface area (Å²) in [5.74, 6) is -2.34. The fraction of sp³-hybridized carbons (Fsp3) is 0.333. The predicted octanol–water partition coefficient (Wildman–Crippen LogP) is 0.351. The third-order valence-electron chi connectivity index (χ3n) is 3.45. The minimum atomic E-state index is -1.05. The molecule has 0 spiro atoms. The van der Waals surface area contributed by atoms with Gasteiger partial charge in [0.25, 0.3) is 0 Å². The molecule has 1 aliphatic rings. The van der Waals surface area contributed by atoms with Gasteiger partial charge in [0, 0.05) is 12.6 Å². The molecule has 0 saturated heterocycles. The summed E-state index contributed by atoms with van der Waals surface area (Å²) in [4.78, 5) is 39.2. The van der Waals surface area contributed by atoms with Crippen LogP contribution in [0, 0.1) is 0 Å². The van der Waals surface area contributed by atoms with Crippen molar-refractivity contribution in [2.75, 3.05) is 18.6 Å². The Balaban J connectivity index is 2.37. The number of esters is 2. The molecule has 0 bridgehead atoms. The molecule has 0 radical (unpaired) electrons. The molecular formula is C15H15N3O5. The van der Waals surface area contributed by atoms with Crippen molar-refractivity contribution in [2.24, 2.45) is 0 Å². The molecule has 0 aliphatic carbocycles. The molecule has 0 fully saturated rings. The largest absolute Gasteiger partial charge is 0.464 e. The van der Waals surface area contributed by atoms with Crippen LogP contribution in [0.1, 0.15) is 12.5 Å². The van der Waals surface area contributed by atoms with Gasteiger partial charge in [-0.3, -0.25) is 14.5 Å². The summed E-state index contributed by atoms with van der Waals surface area (Å²) in [5, 5.41) is 0. The van der Waals surface area contributed by atoms with Crippen molar-refractivity contribution in [1.29, 1.82) is 0 Å². The summed E-state index contributed by atoms with van der Waals surface area (Å²) in [6.45, 7) is 1.24. The van der Waals surface area contributed by atoms with Gasteiger partial charge in [0.05, 0.1) is 13.2 Å². The first kappa shape index (κ1) is 16.4. The van der Waals surface area contributed by atoms with E-state index < -0.39 is 29.6 Å². The number of benzene rings is 1. The number of amides is 1. The van der Waals surface area contributed by atoms with Crippen LogP contribution in [-0.2, 0) is 30.3 Å². The van der Waals surface area contributed by atoms with E-state index in [1.54, 1.807) is 12.1 Å². The fourth-order valence-electron chi connectivity index (χ4n) is 2.46. The number of para-hydroxylation sites is 1. The molecule has 2 rings (SSSR count). The monoisotopic (exact) mass is 317 g/mol. The SMILES string of the molecule is COC(=O)C(=[N+]=[N-])C(=O)N1c2ccccc2CC1COC(C)=O. The summed E-state index contributed by atoms with van der Waals surface area (Å²) in [5.41, 5.74) is 9.66. The number of fused-ring (bicyclic) bond motifs is 1. The lowest BCUT2D eigenvalue weighted by Gasteiger charge is -2.23. The van der Waals surface area contributed by atoms with E-state index in [-0.39, 0.29) is 6.61 Å². The van der Waals surface area contributed by atoms with Crippen LogP contribution in [0.15, 0.2) is 24.3 Å². The lowest BCUT2D eigenvalue weighted by Crippen LogP contribution is -2.47. The van der Waals surface area contributed by atoms with Gasteiger partial charge in [-0.1, -0.05) is 18.2 Å². The summed E-state index contributed by atoms with van der Waals surface area (Å²) in [7, 11) is 1.08. The Bertz CT molecular complexity index is 709. The van der Waals surface area contributed by atoms with E-state index >= 15 is 0 Å². The van der Waals surface area contributed by atoms with Gasteiger partial charge in [0.1, 0.15) is 6.61 Å². The van der Waals surface area contributed by atoms with Crippen LogP contribution in [-0.4, -0.2) is 48.1 Å². The number of carbonyl (C=O) groups is 3. The lowest BCUT2D eigenvalue weighted by atomic mass is 10.1. The van der Waals surface area contributed by atoms with E-state index in [4.69, 9.17) is 10.3 Å². The smallest absolute Gasteiger partial charge is 0.463 e. The topological polar surface area (TPSA) is 109 Å². The first-order chi connectivity index (χ1) is 11.0. The van der Waals surface area contributed by atoms with Gasteiger partial charge in [-0.25, -0.2) is 4.79 Å². The number of nitrogens with zero attached hydrogens (tertiary/aromatic N) is 3. The Morgan fingerprint density at radius 1 is 1.35 bits per heavy atom. The van der Waals surface area contributed by atoms with Crippen molar-refractivity contribution in [1.82, 2.24) is 0 Å². The van der Waals surface area contributed by atoms with Gasteiger partial charge in [-0.2, -0.15) is 4.79 Å². The molecule has 1 atom stereocenters. The van der Waals surface area contributed by atoms with Crippen molar-refractivity contribution in [3.63, 3.8) is 0 Å². The standard InChI is InChI=1S/C15H15N3O5/c1-9(19)23-8-11-7-10-5-3-4-6-12(10)18(11)14(20)13(17-16)15(21)22-2/h3-6,11H,7-8H2,1-2H3. The molecule has 1 amide bonds. The third-order valence-corrected chi connectivity index (χ3v) is 3.45.